The molecule has 0 bridgehead atoms. The van der Waals surface area contributed by atoms with E-state index in [1.165, 1.54) is 32.1 Å². The van der Waals surface area contributed by atoms with E-state index in [1.54, 1.807) is 0 Å². The fourth-order valence-corrected chi connectivity index (χ4v) is 2.66. The Morgan fingerprint density at radius 3 is 2.60 bits per heavy atom. The summed E-state index contributed by atoms with van der Waals surface area (Å²) < 4.78 is 5.74. The van der Waals surface area contributed by atoms with E-state index in [-0.39, 0.29) is 0 Å². The second kappa shape index (κ2) is 2.49. The predicted octanol–water partition coefficient (Wildman–Crippen LogP) is 2.48. The standard InChI is InChI=1S/C8H13BrO/c9-7-2-5-10-8(6-7)3-1-4-8/h7H,1-6H2. The van der Waals surface area contributed by atoms with Gasteiger partial charge in [0.15, 0.2) is 0 Å². The van der Waals surface area contributed by atoms with Crippen LogP contribution in [0.15, 0.2) is 0 Å². The summed E-state index contributed by atoms with van der Waals surface area (Å²) in [5, 5.41) is 0. The van der Waals surface area contributed by atoms with Gasteiger partial charge in [0.2, 0.25) is 0 Å². The molecule has 1 aliphatic heterocycles. The molecule has 1 aliphatic carbocycles. The van der Waals surface area contributed by atoms with Crippen LogP contribution in [0.2, 0.25) is 0 Å². The van der Waals surface area contributed by atoms with Gasteiger partial charge < -0.3 is 4.74 Å². The zero-order valence-electron chi connectivity index (χ0n) is 6.11. The SMILES string of the molecule is BrC1CCOC2(CCC2)C1. The van der Waals surface area contributed by atoms with Crippen LogP contribution in [0.3, 0.4) is 0 Å². The van der Waals surface area contributed by atoms with Gasteiger partial charge in [-0.15, -0.1) is 0 Å². The van der Waals surface area contributed by atoms with Gasteiger partial charge in [-0.3, -0.25) is 0 Å². The average Bonchev–Trinajstić information content (AvgIpc) is 1.85. The smallest absolute Gasteiger partial charge is 0.0693 e. The number of hydrogen-bond acceptors (Lipinski definition) is 1. The molecule has 0 N–H and O–H groups in total. The summed E-state index contributed by atoms with van der Waals surface area (Å²) in [5.74, 6) is 0. The second-order valence-electron chi connectivity index (χ2n) is 3.48. The van der Waals surface area contributed by atoms with Gasteiger partial charge in [0.25, 0.3) is 0 Å². The van der Waals surface area contributed by atoms with Crippen molar-refractivity contribution in [2.75, 3.05) is 6.61 Å². The molecular formula is C8H13BrO. The Morgan fingerprint density at radius 2 is 2.20 bits per heavy atom. The van der Waals surface area contributed by atoms with Gasteiger partial charge in [0.05, 0.1) is 5.60 Å². The van der Waals surface area contributed by atoms with Crippen molar-refractivity contribution in [2.45, 2.75) is 42.5 Å². The van der Waals surface area contributed by atoms with Gasteiger partial charge in [-0.2, -0.15) is 0 Å². The summed E-state index contributed by atoms with van der Waals surface area (Å²) in [7, 11) is 0. The van der Waals surface area contributed by atoms with E-state index in [0.29, 0.717) is 5.60 Å². The minimum atomic E-state index is 0.326. The Kier molecular flexibility index (Phi) is 1.77. The Balaban J connectivity index is 1.96. The molecule has 2 aliphatic rings. The molecule has 0 aromatic carbocycles. The van der Waals surface area contributed by atoms with Crippen molar-refractivity contribution in [3.05, 3.63) is 0 Å². The first-order chi connectivity index (χ1) is 4.81. The van der Waals surface area contributed by atoms with Crippen molar-refractivity contribution < 1.29 is 4.74 Å². The third-order valence-corrected chi connectivity index (χ3v) is 3.48. The van der Waals surface area contributed by atoms with Gasteiger partial charge >= 0.3 is 0 Å². The molecule has 1 heterocycles. The Hall–Kier alpha value is 0.440. The molecule has 10 heavy (non-hydrogen) atoms. The van der Waals surface area contributed by atoms with E-state index < -0.39 is 0 Å². The quantitative estimate of drug-likeness (QED) is 0.552. The molecule has 0 aromatic rings. The molecule has 2 rings (SSSR count). The van der Waals surface area contributed by atoms with Crippen LogP contribution in [0.1, 0.15) is 32.1 Å². The van der Waals surface area contributed by atoms with Crippen molar-refractivity contribution in [1.82, 2.24) is 0 Å². The zero-order chi connectivity index (χ0) is 7.03. The fourth-order valence-electron chi connectivity index (χ4n) is 1.89. The number of halogens is 1. The summed E-state index contributed by atoms with van der Waals surface area (Å²) in [4.78, 5) is 0.724. The maximum absolute atomic E-state index is 5.74. The highest BCUT2D eigenvalue weighted by Crippen LogP contribution is 2.43. The molecule has 1 saturated carbocycles. The largest absolute Gasteiger partial charge is 0.375 e. The second-order valence-corrected chi connectivity index (χ2v) is 4.77. The first kappa shape index (κ1) is 7.11. The van der Waals surface area contributed by atoms with Gasteiger partial charge in [-0.05, 0) is 32.1 Å². The van der Waals surface area contributed by atoms with E-state index in [9.17, 15) is 0 Å². The molecule has 1 unspecified atom stereocenters. The first-order valence-electron chi connectivity index (χ1n) is 4.09. The Bertz CT molecular complexity index is 131. The molecule has 58 valence electrons. The maximum atomic E-state index is 5.74. The van der Waals surface area contributed by atoms with Crippen LogP contribution in [0.25, 0.3) is 0 Å². The Morgan fingerprint density at radius 1 is 1.40 bits per heavy atom. The molecule has 2 fully saturated rings. The summed E-state index contributed by atoms with van der Waals surface area (Å²) >= 11 is 3.66. The average molecular weight is 205 g/mol. The molecule has 0 radical (unpaired) electrons. The Labute approximate surface area is 70.3 Å². The van der Waals surface area contributed by atoms with Crippen molar-refractivity contribution in [3.8, 4) is 0 Å². The van der Waals surface area contributed by atoms with Crippen molar-refractivity contribution >= 4 is 15.9 Å². The summed E-state index contributed by atoms with van der Waals surface area (Å²) in [6.07, 6.45) is 6.42. The van der Waals surface area contributed by atoms with Gasteiger partial charge in [-0.1, -0.05) is 15.9 Å². The maximum Gasteiger partial charge on any atom is 0.0693 e. The molecule has 1 nitrogen and oxygen atoms in total. The van der Waals surface area contributed by atoms with E-state index in [4.69, 9.17) is 4.74 Å². The highest BCUT2D eigenvalue weighted by Gasteiger charge is 2.41. The monoisotopic (exact) mass is 204 g/mol. The fraction of sp³-hybridized carbons (Fsp3) is 1.00. The van der Waals surface area contributed by atoms with Crippen LogP contribution >= 0.6 is 15.9 Å². The summed E-state index contributed by atoms with van der Waals surface area (Å²) in [5.41, 5.74) is 0.326. The third kappa shape index (κ3) is 1.12. The van der Waals surface area contributed by atoms with Crippen molar-refractivity contribution in [1.29, 1.82) is 0 Å². The van der Waals surface area contributed by atoms with Crippen molar-refractivity contribution in [2.24, 2.45) is 0 Å². The predicted molar refractivity (Wildman–Crippen MR) is 44.5 cm³/mol. The van der Waals surface area contributed by atoms with Crippen molar-refractivity contribution in [3.63, 3.8) is 0 Å². The van der Waals surface area contributed by atoms with Gasteiger partial charge in [0.1, 0.15) is 0 Å². The molecule has 0 aromatic heterocycles. The van der Waals surface area contributed by atoms with E-state index >= 15 is 0 Å². The number of hydrogen-bond donors (Lipinski definition) is 0. The molecule has 1 atom stereocenters. The van der Waals surface area contributed by atoms with E-state index in [2.05, 4.69) is 15.9 Å². The number of alkyl halides is 1. The highest BCUT2D eigenvalue weighted by atomic mass is 79.9. The molecule has 2 heteroatoms. The lowest BCUT2D eigenvalue weighted by Gasteiger charge is -2.46. The normalized spacial score (nSPS) is 37.5. The minimum absolute atomic E-state index is 0.326. The van der Waals surface area contributed by atoms with E-state index in [1.807, 2.05) is 0 Å². The number of rotatable bonds is 0. The van der Waals surface area contributed by atoms with Crippen LogP contribution in [0.4, 0.5) is 0 Å². The van der Waals surface area contributed by atoms with E-state index in [0.717, 1.165) is 11.4 Å². The highest BCUT2D eigenvalue weighted by molar-refractivity contribution is 9.09. The van der Waals surface area contributed by atoms with Crippen LogP contribution in [0, 0.1) is 0 Å². The van der Waals surface area contributed by atoms with Crippen LogP contribution in [-0.2, 0) is 4.74 Å². The van der Waals surface area contributed by atoms with Gasteiger partial charge in [-0.25, -0.2) is 0 Å². The molecule has 0 amide bonds. The minimum Gasteiger partial charge on any atom is -0.375 e. The first-order valence-corrected chi connectivity index (χ1v) is 5.00. The lowest BCUT2D eigenvalue weighted by atomic mass is 9.75. The van der Waals surface area contributed by atoms with Crippen LogP contribution < -0.4 is 0 Å². The summed E-state index contributed by atoms with van der Waals surface area (Å²) in [6.45, 7) is 0.968. The molecule has 1 saturated heterocycles. The zero-order valence-corrected chi connectivity index (χ0v) is 7.69. The lowest BCUT2D eigenvalue weighted by molar-refractivity contribution is -0.124. The van der Waals surface area contributed by atoms with Crippen LogP contribution in [0.5, 0.6) is 0 Å². The molecular weight excluding hydrogens is 192 g/mol. The van der Waals surface area contributed by atoms with Crippen LogP contribution in [-0.4, -0.2) is 17.0 Å². The molecule has 1 spiro atoms. The topological polar surface area (TPSA) is 9.23 Å². The van der Waals surface area contributed by atoms with Gasteiger partial charge in [0, 0.05) is 11.4 Å². The lowest BCUT2D eigenvalue weighted by Crippen LogP contribution is -2.45. The summed E-state index contributed by atoms with van der Waals surface area (Å²) in [6, 6.07) is 0. The third-order valence-electron chi connectivity index (χ3n) is 2.70. The number of ether oxygens (including phenoxy) is 1.